The summed E-state index contributed by atoms with van der Waals surface area (Å²) in [5.41, 5.74) is 3.81. The number of aryl methyl sites for hydroxylation is 3. The fraction of sp³-hybridized carbons (Fsp3) is 0.364. The largest absolute Gasteiger partial charge is 0.343 e. The van der Waals surface area contributed by atoms with Crippen molar-refractivity contribution in [3.8, 4) is 0 Å². The highest BCUT2D eigenvalue weighted by Gasteiger charge is 2.29. The van der Waals surface area contributed by atoms with Crippen LogP contribution in [0.1, 0.15) is 39.9 Å². The number of carbonyl (C=O) groups is 2. The molecule has 166 valence electrons. The van der Waals surface area contributed by atoms with Crippen LogP contribution in [0.15, 0.2) is 35.2 Å². The number of benzene rings is 2. The molecule has 0 aromatic heterocycles. The van der Waals surface area contributed by atoms with Gasteiger partial charge < -0.3 is 10.6 Å². The number of hydrogen-bond acceptors (Lipinski definition) is 4. The molecule has 1 heterocycles. The molecular weight excluding hydrogens is 438 g/mol. The molecule has 0 saturated carbocycles. The summed E-state index contributed by atoms with van der Waals surface area (Å²) in [6, 6.07) is 8.03. The van der Waals surface area contributed by atoms with Crippen molar-refractivity contribution in [3.05, 3.63) is 57.6 Å². The van der Waals surface area contributed by atoms with Crippen molar-refractivity contribution in [2.24, 2.45) is 0 Å². The number of nitrogens with one attached hydrogen (secondary N) is 2. The number of hydrogen-bond donors (Lipinski definition) is 2. The summed E-state index contributed by atoms with van der Waals surface area (Å²) in [5.74, 6) is -0.927. The standard InChI is InChI=1S/C22H26ClN3O4S/c1-14-10-15(2)21(16(3)11-14)25-20(27)13-24-22(28)17-6-7-18(23)19(12-17)31(29,30)26-8-4-5-9-26/h6-7,10-12H,4-5,8-9,13H2,1-3H3,(H,24,28)(H,25,27). The summed E-state index contributed by atoms with van der Waals surface area (Å²) in [5, 5.41) is 5.41. The van der Waals surface area contributed by atoms with E-state index in [4.69, 9.17) is 11.6 Å². The molecule has 0 atom stereocenters. The molecule has 1 aliphatic rings. The van der Waals surface area contributed by atoms with E-state index >= 15 is 0 Å². The third-order valence-corrected chi connectivity index (χ3v) is 7.61. The lowest BCUT2D eigenvalue weighted by molar-refractivity contribution is -0.115. The van der Waals surface area contributed by atoms with Crippen molar-refractivity contribution in [1.29, 1.82) is 0 Å². The van der Waals surface area contributed by atoms with E-state index in [1.54, 1.807) is 0 Å². The molecule has 2 amide bonds. The first-order valence-corrected chi connectivity index (χ1v) is 11.9. The Labute approximate surface area is 187 Å². The van der Waals surface area contributed by atoms with Gasteiger partial charge in [0.25, 0.3) is 5.91 Å². The zero-order valence-corrected chi connectivity index (χ0v) is 19.4. The van der Waals surface area contributed by atoms with Crippen LogP contribution >= 0.6 is 11.6 Å². The van der Waals surface area contributed by atoms with Crippen molar-refractivity contribution in [2.45, 2.75) is 38.5 Å². The Hall–Kier alpha value is -2.42. The highest BCUT2D eigenvalue weighted by molar-refractivity contribution is 7.89. The van der Waals surface area contributed by atoms with E-state index in [2.05, 4.69) is 10.6 Å². The van der Waals surface area contributed by atoms with Crippen molar-refractivity contribution in [2.75, 3.05) is 25.0 Å². The van der Waals surface area contributed by atoms with E-state index in [0.717, 1.165) is 35.2 Å². The van der Waals surface area contributed by atoms with Gasteiger partial charge in [0.1, 0.15) is 4.90 Å². The predicted octanol–water partition coefficient (Wildman–Crippen LogP) is 3.42. The van der Waals surface area contributed by atoms with Gasteiger partial charge in [0.15, 0.2) is 0 Å². The Bertz CT molecular complexity index is 1100. The maximum atomic E-state index is 12.8. The monoisotopic (exact) mass is 463 g/mol. The summed E-state index contributed by atoms with van der Waals surface area (Å²) < 4.78 is 27.0. The topological polar surface area (TPSA) is 95.6 Å². The summed E-state index contributed by atoms with van der Waals surface area (Å²) in [6.07, 6.45) is 1.60. The summed E-state index contributed by atoms with van der Waals surface area (Å²) >= 11 is 6.12. The van der Waals surface area contributed by atoms with Crippen molar-refractivity contribution in [1.82, 2.24) is 9.62 Å². The first kappa shape index (κ1) is 23.2. The Balaban J connectivity index is 1.69. The summed E-state index contributed by atoms with van der Waals surface area (Å²) in [4.78, 5) is 24.8. The molecule has 0 radical (unpaired) electrons. The molecule has 1 fully saturated rings. The van der Waals surface area contributed by atoms with Gasteiger partial charge in [-0.1, -0.05) is 29.3 Å². The van der Waals surface area contributed by atoms with E-state index < -0.39 is 15.9 Å². The normalized spacial score (nSPS) is 14.5. The second-order valence-corrected chi connectivity index (χ2v) is 10.1. The maximum absolute atomic E-state index is 12.8. The minimum absolute atomic E-state index is 0.0616. The van der Waals surface area contributed by atoms with Gasteiger partial charge in [0.05, 0.1) is 11.6 Å². The quantitative estimate of drug-likeness (QED) is 0.686. The molecule has 0 spiro atoms. The molecule has 9 heteroatoms. The SMILES string of the molecule is Cc1cc(C)c(NC(=O)CNC(=O)c2ccc(Cl)c(S(=O)(=O)N3CCCC3)c2)c(C)c1. The number of carbonyl (C=O) groups excluding carboxylic acids is 2. The molecular formula is C22H26ClN3O4S. The van der Waals surface area contributed by atoms with Crippen LogP contribution < -0.4 is 10.6 Å². The summed E-state index contributed by atoms with van der Waals surface area (Å²) in [6.45, 7) is 6.42. The smallest absolute Gasteiger partial charge is 0.251 e. The van der Waals surface area contributed by atoms with Crippen LogP contribution in [0.5, 0.6) is 0 Å². The molecule has 0 aliphatic carbocycles. The second-order valence-electron chi connectivity index (χ2n) is 7.76. The second kappa shape index (κ2) is 9.38. The number of anilines is 1. The Morgan fingerprint density at radius 3 is 2.26 bits per heavy atom. The third kappa shape index (κ3) is 5.26. The molecule has 7 nitrogen and oxygen atoms in total. The van der Waals surface area contributed by atoms with Gasteiger partial charge in [-0.25, -0.2) is 8.42 Å². The fourth-order valence-electron chi connectivity index (χ4n) is 3.73. The van der Waals surface area contributed by atoms with E-state index in [-0.39, 0.29) is 27.9 Å². The lowest BCUT2D eigenvalue weighted by Gasteiger charge is -2.17. The first-order chi connectivity index (χ1) is 14.6. The highest BCUT2D eigenvalue weighted by Crippen LogP contribution is 2.28. The lowest BCUT2D eigenvalue weighted by atomic mass is 10.1. The van der Waals surface area contributed by atoms with Crippen molar-refractivity contribution >= 4 is 39.1 Å². The third-order valence-electron chi connectivity index (χ3n) is 5.23. The van der Waals surface area contributed by atoms with E-state index in [0.29, 0.717) is 13.1 Å². The number of rotatable bonds is 6. The van der Waals surface area contributed by atoms with Gasteiger partial charge in [0, 0.05) is 24.3 Å². The minimum atomic E-state index is -3.77. The number of sulfonamides is 1. The maximum Gasteiger partial charge on any atom is 0.251 e. The average Bonchev–Trinajstić information content (AvgIpc) is 3.25. The molecule has 3 rings (SSSR count). The lowest BCUT2D eigenvalue weighted by Crippen LogP contribution is -2.33. The van der Waals surface area contributed by atoms with Crippen molar-refractivity contribution in [3.63, 3.8) is 0 Å². The van der Waals surface area contributed by atoms with E-state index in [1.807, 2.05) is 32.9 Å². The van der Waals surface area contributed by atoms with Crippen LogP contribution in [-0.4, -0.2) is 44.2 Å². The Morgan fingerprint density at radius 2 is 1.65 bits per heavy atom. The molecule has 2 aromatic carbocycles. The molecule has 0 unspecified atom stereocenters. The van der Waals surface area contributed by atoms with E-state index in [1.165, 1.54) is 22.5 Å². The molecule has 2 N–H and O–H groups in total. The van der Waals surface area contributed by atoms with Gasteiger partial charge in [-0.15, -0.1) is 0 Å². The van der Waals surface area contributed by atoms with Crippen molar-refractivity contribution < 1.29 is 18.0 Å². The van der Waals surface area contributed by atoms with Gasteiger partial charge in [-0.2, -0.15) is 4.31 Å². The van der Waals surface area contributed by atoms with Crippen LogP contribution in [-0.2, 0) is 14.8 Å². The number of nitrogens with zero attached hydrogens (tertiary/aromatic N) is 1. The molecule has 2 aromatic rings. The van der Waals surface area contributed by atoms with Gasteiger partial charge >= 0.3 is 0 Å². The predicted molar refractivity (Wildman–Crippen MR) is 121 cm³/mol. The highest BCUT2D eigenvalue weighted by atomic mass is 35.5. The fourth-order valence-corrected chi connectivity index (χ4v) is 5.75. The van der Waals surface area contributed by atoms with Crippen LogP contribution in [0.25, 0.3) is 0 Å². The van der Waals surface area contributed by atoms with Crippen LogP contribution in [0.3, 0.4) is 0 Å². The average molecular weight is 464 g/mol. The zero-order valence-electron chi connectivity index (χ0n) is 17.8. The number of amides is 2. The van der Waals surface area contributed by atoms with Gasteiger partial charge in [-0.05, 0) is 62.9 Å². The Morgan fingerprint density at radius 1 is 1.03 bits per heavy atom. The zero-order chi connectivity index (χ0) is 22.8. The summed E-state index contributed by atoms with van der Waals surface area (Å²) in [7, 11) is -3.77. The van der Waals surface area contributed by atoms with Crippen LogP contribution in [0.4, 0.5) is 5.69 Å². The van der Waals surface area contributed by atoms with Gasteiger partial charge in [-0.3, -0.25) is 9.59 Å². The number of halogens is 1. The molecule has 0 bridgehead atoms. The van der Waals surface area contributed by atoms with Crippen LogP contribution in [0, 0.1) is 20.8 Å². The molecule has 31 heavy (non-hydrogen) atoms. The minimum Gasteiger partial charge on any atom is -0.343 e. The van der Waals surface area contributed by atoms with E-state index in [9.17, 15) is 18.0 Å². The Kier molecular flexibility index (Phi) is 7.03. The molecule has 1 aliphatic heterocycles. The van der Waals surface area contributed by atoms with Crippen LogP contribution in [0.2, 0.25) is 5.02 Å². The van der Waals surface area contributed by atoms with Gasteiger partial charge in [0.2, 0.25) is 15.9 Å². The first-order valence-electron chi connectivity index (χ1n) is 10.0. The molecule has 1 saturated heterocycles.